The fraction of sp³-hybridized carbons (Fsp3) is 0.818. The molecule has 5 nitrogen and oxygen atoms in total. The number of urea groups is 1. The van der Waals surface area contributed by atoms with Crippen LogP contribution in [0.1, 0.15) is 34.1 Å². The summed E-state index contributed by atoms with van der Waals surface area (Å²) in [6.07, 6.45) is 4.57. The number of amidine groups is 1. The van der Waals surface area contributed by atoms with E-state index in [-0.39, 0.29) is 24.2 Å². The number of ether oxygens (including phenoxy) is 1. The summed E-state index contributed by atoms with van der Waals surface area (Å²) >= 11 is 2.67. The molecule has 0 rings (SSSR count). The topological polar surface area (TPSA) is 53.9 Å². The first kappa shape index (κ1) is 17.4. The maximum absolute atomic E-state index is 11.9. The number of nitrogens with one attached hydrogen (secondary N) is 1. The van der Waals surface area contributed by atoms with E-state index in [1.54, 1.807) is 0 Å². The maximum Gasteiger partial charge on any atom is 0.345 e. The van der Waals surface area contributed by atoms with E-state index >= 15 is 0 Å². The fourth-order valence-electron chi connectivity index (χ4n) is 0.978. The second-order valence-electron chi connectivity index (χ2n) is 3.92. The summed E-state index contributed by atoms with van der Waals surface area (Å²) in [6, 6.07) is 0.122. The van der Waals surface area contributed by atoms with Gasteiger partial charge in [0.2, 0.25) is 0 Å². The van der Waals surface area contributed by atoms with Crippen LogP contribution in [-0.4, -0.2) is 40.4 Å². The lowest BCUT2D eigenvalue weighted by Crippen LogP contribution is -2.39. The third-order valence-electron chi connectivity index (χ3n) is 1.97. The minimum atomic E-state index is -0.238. The first-order chi connectivity index (χ1) is 8.44. The molecule has 2 amide bonds. The molecule has 0 spiro atoms. The zero-order valence-corrected chi connectivity index (χ0v) is 13.5. The molecule has 0 aliphatic heterocycles. The molecule has 7 heteroatoms. The van der Waals surface area contributed by atoms with Crippen LogP contribution in [0.2, 0.25) is 0 Å². The molecule has 0 aromatic heterocycles. The van der Waals surface area contributed by atoms with Gasteiger partial charge in [0.15, 0.2) is 0 Å². The second-order valence-corrected chi connectivity index (χ2v) is 5.61. The zero-order valence-electron chi connectivity index (χ0n) is 11.9. The van der Waals surface area contributed by atoms with Gasteiger partial charge in [-0.25, -0.2) is 13.5 Å². The molecule has 18 heavy (non-hydrogen) atoms. The molecular weight excluding hydrogens is 270 g/mol. The van der Waals surface area contributed by atoms with Crippen molar-refractivity contribution in [3.05, 3.63) is 0 Å². The van der Waals surface area contributed by atoms with Crippen molar-refractivity contribution in [1.82, 2.24) is 9.03 Å². The van der Waals surface area contributed by atoms with Gasteiger partial charge in [-0.2, -0.15) is 0 Å². The molecule has 0 radical (unpaired) electrons. The Kier molecular flexibility index (Phi) is 9.09. The van der Waals surface area contributed by atoms with Crippen molar-refractivity contribution in [2.45, 2.75) is 46.3 Å². The summed E-state index contributed by atoms with van der Waals surface area (Å²) in [7, 11) is 0. The van der Waals surface area contributed by atoms with Crippen LogP contribution in [0.15, 0.2) is 4.99 Å². The lowest BCUT2D eigenvalue weighted by Gasteiger charge is -2.20. The third kappa shape index (κ3) is 7.00. The molecule has 0 aromatic carbocycles. The van der Waals surface area contributed by atoms with Gasteiger partial charge in [0.1, 0.15) is 0 Å². The molecule has 0 saturated carbocycles. The molecule has 0 aliphatic carbocycles. The maximum atomic E-state index is 11.9. The SMILES string of the molecule is CCC(C)OC(=NC(C)C)NC(=O)N(SC)SC. The van der Waals surface area contributed by atoms with Crippen molar-refractivity contribution >= 4 is 35.9 Å². The van der Waals surface area contributed by atoms with Crippen LogP contribution < -0.4 is 5.32 Å². The van der Waals surface area contributed by atoms with Gasteiger partial charge in [0, 0.05) is 18.6 Å². The van der Waals surface area contributed by atoms with E-state index in [9.17, 15) is 4.79 Å². The molecule has 0 bridgehead atoms. The third-order valence-corrected chi connectivity index (χ3v) is 3.86. The standard InChI is InChI=1S/C11H23N3O2S2/c1-7-9(4)16-10(12-8(2)3)13-11(15)14(17-5)18-6/h8-9H,7H2,1-6H3,(H,12,13,15). The summed E-state index contributed by atoms with van der Waals surface area (Å²) in [5.74, 6) is 0. The minimum Gasteiger partial charge on any atom is -0.462 e. The molecule has 0 heterocycles. The van der Waals surface area contributed by atoms with Gasteiger partial charge in [-0.1, -0.05) is 6.92 Å². The number of carbonyl (C=O) groups excluding carboxylic acids is 1. The summed E-state index contributed by atoms with van der Waals surface area (Å²) in [5.41, 5.74) is 0. The van der Waals surface area contributed by atoms with Gasteiger partial charge in [-0.05, 0) is 51.1 Å². The van der Waals surface area contributed by atoms with Gasteiger partial charge in [-0.3, -0.25) is 5.32 Å². The monoisotopic (exact) mass is 293 g/mol. The predicted octanol–water partition coefficient (Wildman–Crippen LogP) is 3.13. The average Bonchev–Trinajstić information content (AvgIpc) is 2.29. The highest BCUT2D eigenvalue weighted by Crippen LogP contribution is 2.16. The predicted molar refractivity (Wildman–Crippen MR) is 80.8 cm³/mol. The summed E-state index contributed by atoms with van der Waals surface area (Å²) in [4.78, 5) is 16.2. The van der Waals surface area contributed by atoms with Crippen LogP contribution in [0, 0.1) is 0 Å². The van der Waals surface area contributed by atoms with Crippen LogP contribution in [-0.2, 0) is 4.74 Å². The highest BCUT2D eigenvalue weighted by atomic mass is 32.2. The van der Waals surface area contributed by atoms with Crippen LogP contribution in [0.4, 0.5) is 4.79 Å². The van der Waals surface area contributed by atoms with E-state index in [0.717, 1.165) is 6.42 Å². The van der Waals surface area contributed by atoms with Crippen molar-refractivity contribution in [2.75, 3.05) is 12.5 Å². The number of hydrogen-bond donors (Lipinski definition) is 1. The normalized spacial score (nSPS) is 13.4. The Morgan fingerprint density at radius 2 is 1.89 bits per heavy atom. The summed E-state index contributed by atoms with van der Waals surface area (Å²) in [5, 5.41) is 2.69. The Labute approximate surface area is 118 Å². The van der Waals surface area contributed by atoms with Gasteiger partial charge < -0.3 is 4.74 Å². The Morgan fingerprint density at radius 3 is 2.28 bits per heavy atom. The van der Waals surface area contributed by atoms with Crippen LogP contribution in [0.5, 0.6) is 0 Å². The Hall–Kier alpha value is -0.560. The number of rotatable bonds is 5. The van der Waals surface area contributed by atoms with Crippen molar-refractivity contribution in [2.24, 2.45) is 4.99 Å². The zero-order chi connectivity index (χ0) is 14.1. The number of hydrogen-bond acceptors (Lipinski definition) is 5. The van der Waals surface area contributed by atoms with E-state index in [0.29, 0.717) is 0 Å². The van der Waals surface area contributed by atoms with Crippen molar-refractivity contribution < 1.29 is 9.53 Å². The molecule has 0 fully saturated rings. The minimum absolute atomic E-state index is 0.0276. The van der Waals surface area contributed by atoms with Crippen LogP contribution in [0.25, 0.3) is 0 Å². The largest absolute Gasteiger partial charge is 0.462 e. The fourth-order valence-corrected chi connectivity index (χ4v) is 2.00. The Morgan fingerprint density at radius 1 is 1.33 bits per heavy atom. The van der Waals surface area contributed by atoms with Crippen LogP contribution in [0.3, 0.4) is 0 Å². The number of carbonyl (C=O) groups is 1. The van der Waals surface area contributed by atoms with E-state index in [2.05, 4.69) is 10.3 Å². The molecule has 0 aromatic rings. The van der Waals surface area contributed by atoms with Gasteiger partial charge in [0.05, 0.1) is 6.10 Å². The van der Waals surface area contributed by atoms with E-state index in [1.807, 2.05) is 40.2 Å². The quantitative estimate of drug-likeness (QED) is 0.481. The van der Waals surface area contributed by atoms with E-state index < -0.39 is 0 Å². The molecule has 1 atom stereocenters. The number of aliphatic imine (C=N–C) groups is 1. The van der Waals surface area contributed by atoms with Crippen molar-refractivity contribution in [1.29, 1.82) is 0 Å². The van der Waals surface area contributed by atoms with Crippen LogP contribution >= 0.6 is 23.9 Å². The molecule has 0 saturated heterocycles. The van der Waals surface area contributed by atoms with Gasteiger partial charge in [0.25, 0.3) is 6.02 Å². The smallest absolute Gasteiger partial charge is 0.345 e. The molecule has 1 N–H and O–H groups in total. The molecule has 0 aliphatic rings. The molecular formula is C11H23N3O2S2. The highest BCUT2D eigenvalue weighted by molar-refractivity contribution is 8.12. The Bertz CT molecular complexity index is 281. The summed E-state index contributed by atoms with van der Waals surface area (Å²) in [6.45, 7) is 7.85. The highest BCUT2D eigenvalue weighted by Gasteiger charge is 2.16. The number of nitrogens with zero attached hydrogens (tertiary/aromatic N) is 2. The number of amides is 2. The first-order valence-electron chi connectivity index (χ1n) is 5.88. The van der Waals surface area contributed by atoms with E-state index in [1.165, 1.54) is 27.6 Å². The van der Waals surface area contributed by atoms with Crippen molar-refractivity contribution in [3.63, 3.8) is 0 Å². The van der Waals surface area contributed by atoms with Crippen molar-refractivity contribution in [3.8, 4) is 0 Å². The Balaban J connectivity index is 4.64. The first-order valence-corrected chi connectivity index (χ1v) is 8.24. The summed E-state index contributed by atoms with van der Waals surface area (Å²) < 4.78 is 7.12. The molecule has 1 unspecified atom stereocenters. The second kappa shape index (κ2) is 9.38. The van der Waals surface area contributed by atoms with E-state index in [4.69, 9.17) is 4.74 Å². The lowest BCUT2D eigenvalue weighted by molar-refractivity contribution is 0.189. The molecule has 106 valence electrons. The average molecular weight is 293 g/mol. The van der Waals surface area contributed by atoms with Gasteiger partial charge >= 0.3 is 6.03 Å². The lowest BCUT2D eigenvalue weighted by atomic mass is 10.3. The van der Waals surface area contributed by atoms with Gasteiger partial charge in [-0.15, -0.1) is 0 Å².